The van der Waals surface area contributed by atoms with E-state index < -0.39 is 0 Å². The molecule has 0 saturated carbocycles. The summed E-state index contributed by atoms with van der Waals surface area (Å²) in [7, 11) is 0. The van der Waals surface area contributed by atoms with Crippen LogP contribution in [-0.4, -0.2) is 9.78 Å². The highest BCUT2D eigenvalue weighted by Crippen LogP contribution is 2.21. The molecule has 2 aromatic rings. The highest BCUT2D eigenvalue weighted by Gasteiger charge is 2.07. The lowest BCUT2D eigenvalue weighted by atomic mass is 10.1. The van der Waals surface area contributed by atoms with Gasteiger partial charge in [0.15, 0.2) is 0 Å². The Labute approximate surface area is 95.9 Å². The third kappa shape index (κ3) is 1.99. The molecule has 0 atom stereocenters. The maximum absolute atomic E-state index is 5.62. The highest BCUT2D eigenvalue weighted by atomic mass is 15.3. The number of nitrogens with zero attached hydrogens (tertiary/aromatic N) is 2. The Bertz CT molecular complexity index is 486. The number of hydrogen-bond acceptors (Lipinski definition) is 2. The number of aromatic nitrogens is 2. The molecule has 0 aliphatic rings. The smallest absolute Gasteiger partial charge is 0.0766 e. The summed E-state index contributed by atoms with van der Waals surface area (Å²) in [5.41, 5.74) is 10.2. The zero-order valence-electron chi connectivity index (χ0n) is 9.77. The molecule has 3 heteroatoms. The highest BCUT2D eigenvalue weighted by molar-refractivity contribution is 5.60. The van der Waals surface area contributed by atoms with E-state index in [1.807, 2.05) is 4.68 Å². The zero-order chi connectivity index (χ0) is 11.5. The molecular weight excluding hydrogens is 198 g/mol. The first-order chi connectivity index (χ1) is 7.74. The Hall–Kier alpha value is -1.61. The van der Waals surface area contributed by atoms with Crippen LogP contribution in [0.3, 0.4) is 0 Å². The second-order valence-corrected chi connectivity index (χ2v) is 3.91. The molecule has 0 spiro atoms. The normalized spacial score (nSPS) is 10.7. The first-order valence-electron chi connectivity index (χ1n) is 5.58. The summed E-state index contributed by atoms with van der Waals surface area (Å²) < 4.78 is 2.00. The Morgan fingerprint density at radius 2 is 2.12 bits per heavy atom. The van der Waals surface area contributed by atoms with Gasteiger partial charge in [-0.05, 0) is 26.0 Å². The third-order valence-corrected chi connectivity index (χ3v) is 2.65. The van der Waals surface area contributed by atoms with Gasteiger partial charge in [0.2, 0.25) is 0 Å². The average Bonchev–Trinajstić information content (AvgIpc) is 2.72. The maximum Gasteiger partial charge on any atom is 0.0766 e. The average molecular weight is 215 g/mol. The van der Waals surface area contributed by atoms with Crippen molar-refractivity contribution in [3.63, 3.8) is 0 Å². The van der Waals surface area contributed by atoms with Crippen LogP contribution in [0.15, 0.2) is 30.3 Å². The fourth-order valence-corrected chi connectivity index (χ4v) is 1.85. The number of aryl methyl sites for hydroxylation is 2. The topological polar surface area (TPSA) is 43.8 Å². The molecule has 0 unspecified atom stereocenters. The lowest BCUT2D eigenvalue weighted by Crippen LogP contribution is -2.01. The summed E-state index contributed by atoms with van der Waals surface area (Å²) >= 11 is 0. The van der Waals surface area contributed by atoms with Gasteiger partial charge >= 0.3 is 0 Å². The Balaban J connectivity index is 2.50. The van der Waals surface area contributed by atoms with Crippen LogP contribution >= 0.6 is 0 Å². The maximum atomic E-state index is 5.62. The molecule has 0 fully saturated rings. The first kappa shape index (κ1) is 10.9. The van der Waals surface area contributed by atoms with E-state index in [0.717, 1.165) is 17.9 Å². The second-order valence-electron chi connectivity index (χ2n) is 3.91. The van der Waals surface area contributed by atoms with Gasteiger partial charge in [-0.1, -0.05) is 23.8 Å². The molecule has 0 saturated heterocycles. The Kier molecular flexibility index (Phi) is 3.06. The van der Waals surface area contributed by atoms with Crippen LogP contribution in [0.1, 0.15) is 18.2 Å². The van der Waals surface area contributed by atoms with Crippen molar-refractivity contribution >= 4 is 0 Å². The van der Waals surface area contributed by atoms with Crippen molar-refractivity contribution in [2.45, 2.75) is 26.9 Å². The van der Waals surface area contributed by atoms with Gasteiger partial charge in [-0.15, -0.1) is 0 Å². The predicted molar refractivity (Wildman–Crippen MR) is 66.0 cm³/mol. The summed E-state index contributed by atoms with van der Waals surface area (Å²) in [4.78, 5) is 0. The lowest BCUT2D eigenvalue weighted by Gasteiger charge is -2.05. The van der Waals surface area contributed by atoms with Gasteiger partial charge in [-0.2, -0.15) is 5.10 Å². The molecule has 2 rings (SSSR count). The lowest BCUT2D eigenvalue weighted by molar-refractivity contribution is 0.653. The minimum absolute atomic E-state index is 0.492. The largest absolute Gasteiger partial charge is 0.325 e. The molecule has 0 amide bonds. The molecule has 0 bridgehead atoms. The Morgan fingerprint density at radius 3 is 2.75 bits per heavy atom. The zero-order valence-corrected chi connectivity index (χ0v) is 9.77. The minimum Gasteiger partial charge on any atom is -0.325 e. The van der Waals surface area contributed by atoms with Crippen molar-refractivity contribution in [2.24, 2.45) is 5.73 Å². The number of nitrogens with two attached hydrogens (primary N) is 1. The molecule has 1 aromatic carbocycles. The molecule has 1 heterocycles. The standard InChI is InChI=1S/C13H17N3/c1-3-16-13(8-12(9-14)15-16)11-6-4-5-10(2)7-11/h4-8H,3,9,14H2,1-2H3. The summed E-state index contributed by atoms with van der Waals surface area (Å²) in [5, 5.41) is 4.44. The van der Waals surface area contributed by atoms with Gasteiger partial charge in [0, 0.05) is 18.7 Å². The van der Waals surface area contributed by atoms with E-state index in [9.17, 15) is 0 Å². The van der Waals surface area contributed by atoms with Gasteiger partial charge < -0.3 is 5.73 Å². The third-order valence-electron chi connectivity index (χ3n) is 2.65. The van der Waals surface area contributed by atoms with Crippen molar-refractivity contribution < 1.29 is 0 Å². The molecule has 16 heavy (non-hydrogen) atoms. The number of hydrogen-bond donors (Lipinski definition) is 1. The Morgan fingerprint density at radius 1 is 1.31 bits per heavy atom. The van der Waals surface area contributed by atoms with Crippen LogP contribution < -0.4 is 5.73 Å². The SMILES string of the molecule is CCn1nc(CN)cc1-c1cccc(C)c1. The molecule has 2 N–H and O–H groups in total. The number of benzene rings is 1. The quantitative estimate of drug-likeness (QED) is 0.854. The van der Waals surface area contributed by atoms with Crippen molar-refractivity contribution in [3.8, 4) is 11.3 Å². The van der Waals surface area contributed by atoms with Crippen molar-refractivity contribution in [3.05, 3.63) is 41.6 Å². The summed E-state index contributed by atoms with van der Waals surface area (Å²) in [6.07, 6.45) is 0. The van der Waals surface area contributed by atoms with Gasteiger partial charge in [-0.25, -0.2) is 0 Å². The first-order valence-corrected chi connectivity index (χ1v) is 5.58. The molecule has 0 aliphatic heterocycles. The minimum atomic E-state index is 0.492. The van der Waals surface area contributed by atoms with Gasteiger partial charge in [0.05, 0.1) is 11.4 Å². The van der Waals surface area contributed by atoms with E-state index in [1.54, 1.807) is 0 Å². The fraction of sp³-hybridized carbons (Fsp3) is 0.308. The molecule has 3 nitrogen and oxygen atoms in total. The van der Waals surface area contributed by atoms with E-state index in [0.29, 0.717) is 6.54 Å². The van der Waals surface area contributed by atoms with E-state index >= 15 is 0 Å². The van der Waals surface area contributed by atoms with Gasteiger partial charge in [0.1, 0.15) is 0 Å². The van der Waals surface area contributed by atoms with E-state index in [4.69, 9.17) is 5.73 Å². The van der Waals surface area contributed by atoms with Crippen molar-refractivity contribution in [2.75, 3.05) is 0 Å². The summed E-state index contributed by atoms with van der Waals surface area (Å²) in [6.45, 7) is 5.54. The molecule has 1 aromatic heterocycles. The van der Waals surface area contributed by atoms with Crippen molar-refractivity contribution in [1.82, 2.24) is 9.78 Å². The summed E-state index contributed by atoms with van der Waals surface area (Å²) in [5.74, 6) is 0. The molecule has 84 valence electrons. The second kappa shape index (κ2) is 4.49. The van der Waals surface area contributed by atoms with Crippen LogP contribution in [-0.2, 0) is 13.1 Å². The molecule has 0 aliphatic carbocycles. The van der Waals surface area contributed by atoms with E-state index in [-0.39, 0.29) is 0 Å². The van der Waals surface area contributed by atoms with Crippen molar-refractivity contribution in [1.29, 1.82) is 0 Å². The van der Waals surface area contributed by atoms with Crippen LogP contribution in [0.2, 0.25) is 0 Å². The van der Waals surface area contributed by atoms with Crippen LogP contribution in [0.25, 0.3) is 11.3 Å². The fourth-order valence-electron chi connectivity index (χ4n) is 1.85. The van der Waals surface area contributed by atoms with E-state index in [2.05, 4.69) is 49.3 Å². The van der Waals surface area contributed by atoms with Crippen LogP contribution in [0, 0.1) is 6.92 Å². The van der Waals surface area contributed by atoms with Crippen LogP contribution in [0.5, 0.6) is 0 Å². The van der Waals surface area contributed by atoms with Gasteiger partial charge in [0.25, 0.3) is 0 Å². The van der Waals surface area contributed by atoms with Gasteiger partial charge in [-0.3, -0.25) is 4.68 Å². The molecular formula is C13H17N3. The number of rotatable bonds is 3. The monoisotopic (exact) mass is 215 g/mol. The van der Waals surface area contributed by atoms with E-state index in [1.165, 1.54) is 11.1 Å². The van der Waals surface area contributed by atoms with Crippen LogP contribution in [0.4, 0.5) is 0 Å². The molecule has 0 radical (unpaired) electrons. The predicted octanol–water partition coefficient (Wildman–Crippen LogP) is 2.34. The summed E-state index contributed by atoms with van der Waals surface area (Å²) in [6, 6.07) is 10.5.